The molecule has 1 heterocycles. The van der Waals surface area contributed by atoms with Gasteiger partial charge >= 0.3 is 0 Å². The van der Waals surface area contributed by atoms with E-state index in [1.807, 2.05) is 6.07 Å². The van der Waals surface area contributed by atoms with E-state index in [4.69, 9.17) is 4.74 Å². The third kappa shape index (κ3) is 2.78. The first kappa shape index (κ1) is 12.4. The lowest BCUT2D eigenvalue weighted by atomic mass is 9.81. The molecule has 0 aliphatic carbocycles. The fourth-order valence-electron chi connectivity index (χ4n) is 2.66. The van der Waals surface area contributed by atoms with Crippen LogP contribution in [0.5, 0.6) is 5.75 Å². The highest BCUT2D eigenvalue weighted by Crippen LogP contribution is 2.35. The molecule has 0 aromatic heterocycles. The van der Waals surface area contributed by atoms with Crippen LogP contribution in [0.2, 0.25) is 0 Å². The van der Waals surface area contributed by atoms with Gasteiger partial charge in [0.25, 0.3) is 0 Å². The van der Waals surface area contributed by atoms with Gasteiger partial charge in [-0.05, 0) is 49.4 Å². The van der Waals surface area contributed by atoms with Crippen LogP contribution in [-0.2, 0) is 0 Å². The van der Waals surface area contributed by atoms with E-state index in [2.05, 4.69) is 12.2 Å². The smallest absolute Gasteiger partial charge is 0.126 e. The van der Waals surface area contributed by atoms with Gasteiger partial charge in [0.1, 0.15) is 11.6 Å². The summed E-state index contributed by atoms with van der Waals surface area (Å²) in [5.41, 5.74) is 1.13. The number of halogens is 1. The Kier molecular flexibility index (Phi) is 4.00. The van der Waals surface area contributed by atoms with Crippen molar-refractivity contribution in [2.75, 3.05) is 20.2 Å². The summed E-state index contributed by atoms with van der Waals surface area (Å²) in [7, 11) is 1.60. The van der Waals surface area contributed by atoms with Gasteiger partial charge in [0.15, 0.2) is 0 Å². The van der Waals surface area contributed by atoms with E-state index in [1.165, 1.54) is 25.0 Å². The number of methoxy groups -OCH3 is 1. The Morgan fingerprint density at radius 3 is 2.71 bits per heavy atom. The Bertz CT molecular complexity index is 374. The Hall–Kier alpha value is -1.09. The molecule has 0 bridgehead atoms. The van der Waals surface area contributed by atoms with Crippen LogP contribution in [0, 0.1) is 11.7 Å². The molecule has 1 aliphatic heterocycles. The molecule has 2 nitrogen and oxygen atoms in total. The van der Waals surface area contributed by atoms with Gasteiger partial charge in [0.05, 0.1) is 7.11 Å². The Balaban J connectivity index is 2.19. The van der Waals surface area contributed by atoms with Crippen molar-refractivity contribution in [1.29, 1.82) is 0 Å². The van der Waals surface area contributed by atoms with E-state index < -0.39 is 0 Å². The standard InChI is InChI=1S/C14H20FNO/c1-10(11-5-7-16-8-6-11)13-4-3-12(15)9-14(13)17-2/h3-4,9-11,16H,5-8H2,1-2H3. The van der Waals surface area contributed by atoms with Gasteiger partial charge in [-0.2, -0.15) is 0 Å². The van der Waals surface area contributed by atoms with Crippen molar-refractivity contribution in [3.8, 4) is 5.75 Å². The molecule has 1 aromatic carbocycles. The molecule has 1 aliphatic rings. The Morgan fingerprint density at radius 2 is 2.06 bits per heavy atom. The van der Waals surface area contributed by atoms with E-state index in [0.29, 0.717) is 17.6 Å². The highest BCUT2D eigenvalue weighted by atomic mass is 19.1. The van der Waals surface area contributed by atoms with Gasteiger partial charge in [-0.3, -0.25) is 0 Å². The lowest BCUT2D eigenvalue weighted by Crippen LogP contribution is -2.30. The van der Waals surface area contributed by atoms with Crippen LogP contribution < -0.4 is 10.1 Å². The van der Waals surface area contributed by atoms with Crippen LogP contribution >= 0.6 is 0 Å². The predicted octanol–water partition coefficient (Wildman–Crippen LogP) is 2.94. The van der Waals surface area contributed by atoms with E-state index in [0.717, 1.165) is 18.7 Å². The summed E-state index contributed by atoms with van der Waals surface area (Å²) in [6, 6.07) is 4.86. The number of hydrogen-bond acceptors (Lipinski definition) is 2. The van der Waals surface area contributed by atoms with Crippen LogP contribution in [0.15, 0.2) is 18.2 Å². The fourth-order valence-corrected chi connectivity index (χ4v) is 2.66. The topological polar surface area (TPSA) is 21.3 Å². The maximum atomic E-state index is 13.1. The number of piperidine rings is 1. The average Bonchev–Trinajstić information content (AvgIpc) is 2.39. The summed E-state index contributed by atoms with van der Waals surface area (Å²) >= 11 is 0. The van der Waals surface area contributed by atoms with Gasteiger partial charge < -0.3 is 10.1 Å². The molecule has 0 saturated carbocycles. The zero-order valence-electron chi connectivity index (χ0n) is 10.5. The van der Waals surface area contributed by atoms with Crippen LogP contribution in [0.1, 0.15) is 31.2 Å². The van der Waals surface area contributed by atoms with Crippen molar-refractivity contribution in [1.82, 2.24) is 5.32 Å². The zero-order chi connectivity index (χ0) is 12.3. The van der Waals surface area contributed by atoms with Crippen molar-refractivity contribution in [2.24, 2.45) is 5.92 Å². The molecule has 0 amide bonds. The van der Waals surface area contributed by atoms with Crippen LogP contribution in [0.25, 0.3) is 0 Å². The molecule has 1 fully saturated rings. The molecular weight excluding hydrogens is 217 g/mol. The van der Waals surface area contributed by atoms with Gasteiger partial charge in [0.2, 0.25) is 0 Å². The highest BCUT2D eigenvalue weighted by Gasteiger charge is 2.23. The molecule has 1 atom stereocenters. The molecule has 1 unspecified atom stereocenters. The number of ether oxygens (including phenoxy) is 1. The fraction of sp³-hybridized carbons (Fsp3) is 0.571. The number of hydrogen-bond donors (Lipinski definition) is 1. The minimum Gasteiger partial charge on any atom is -0.496 e. The van der Waals surface area contributed by atoms with Gasteiger partial charge in [-0.25, -0.2) is 4.39 Å². The molecule has 1 aromatic rings. The third-order valence-electron chi connectivity index (χ3n) is 3.78. The number of nitrogens with one attached hydrogen (secondary N) is 1. The molecule has 0 spiro atoms. The van der Waals surface area contributed by atoms with Crippen molar-refractivity contribution in [3.63, 3.8) is 0 Å². The number of rotatable bonds is 3. The lowest BCUT2D eigenvalue weighted by Gasteiger charge is -2.29. The Morgan fingerprint density at radius 1 is 1.35 bits per heavy atom. The van der Waals surface area contributed by atoms with E-state index in [1.54, 1.807) is 7.11 Å². The predicted molar refractivity (Wildman–Crippen MR) is 67.0 cm³/mol. The summed E-state index contributed by atoms with van der Waals surface area (Å²) in [4.78, 5) is 0. The van der Waals surface area contributed by atoms with Crippen LogP contribution in [0.4, 0.5) is 4.39 Å². The van der Waals surface area contributed by atoms with Crippen LogP contribution in [-0.4, -0.2) is 20.2 Å². The second-order valence-corrected chi connectivity index (χ2v) is 4.76. The molecular formula is C14H20FNO. The number of benzene rings is 1. The first-order valence-electron chi connectivity index (χ1n) is 6.26. The SMILES string of the molecule is COc1cc(F)ccc1C(C)C1CCNCC1. The van der Waals surface area contributed by atoms with Crippen molar-refractivity contribution in [3.05, 3.63) is 29.6 Å². The zero-order valence-corrected chi connectivity index (χ0v) is 10.5. The maximum Gasteiger partial charge on any atom is 0.126 e. The lowest BCUT2D eigenvalue weighted by molar-refractivity contribution is 0.321. The maximum absolute atomic E-state index is 13.1. The highest BCUT2D eigenvalue weighted by molar-refractivity contribution is 5.37. The van der Waals surface area contributed by atoms with Gasteiger partial charge in [0, 0.05) is 6.07 Å². The molecule has 17 heavy (non-hydrogen) atoms. The molecule has 2 rings (SSSR count). The molecule has 3 heteroatoms. The van der Waals surface area contributed by atoms with Gasteiger partial charge in [-0.1, -0.05) is 13.0 Å². The normalized spacial score (nSPS) is 19.0. The van der Waals surface area contributed by atoms with Gasteiger partial charge in [-0.15, -0.1) is 0 Å². The first-order valence-corrected chi connectivity index (χ1v) is 6.26. The summed E-state index contributed by atoms with van der Waals surface area (Å²) in [5, 5.41) is 3.37. The van der Waals surface area contributed by atoms with E-state index >= 15 is 0 Å². The van der Waals surface area contributed by atoms with Crippen molar-refractivity contribution < 1.29 is 9.13 Å². The summed E-state index contributed by atoms with van der Waals surface area (Å²) in [5.74, 6) is 1.53. The second kappa shape index (κ2) is 5.50. The average molecular weight is 237 g/mol. The molecule has 94 valence electrons. The largest absolute Gasteiger partial charge is 0.496 e. The summed E-state index contributed by atoms with van der Waals surface area (Å²) in [6.07, 6.45) is 2.36. The Labute approximate surface area is 102 Å². The van der Waals surface area contributed by atoms with Crippen LogP contribution in [0.3, 0.4) is 0 Å². The first-order chi connectivity index (χ1) is 8.22. The molecule has 1 N–H and O–H groups in total. The van der Waals surface area contributed by atoms with Crippen molar-refractivity contribution in [2.45, 2.75) is 25.7 Å². The van der Waals surface area contributed by atoms with E-state index in [9.17, 15) is 4.39 Å². The monoisotopic (exact) mass is 237 g/mol. The van der Waals surface area contributed by atoms with Crippen molar-refractivity contribution >= 4 is 0 Å². The molecule has 1 saturated heterocycles. The summed E-state index contributed by atoms with van der Waals surface area (Å²) in [6.45, 7) is 4.38. The second-order valence-electron chi connectivity index (χ2n) is 4.76. The summed E-state index contributed by atoms with van der Waals surface area (Å²) < 4.78 is 18.4. The minimum absolute atomic E-state index is 0.233. The third-order valence-corrected chi connectivity index (χ3v) is 3.78. The quantitative estimate of drug-likeness (QED) is 0.872. The van der Waals surface area contributed by atoms with E-state index in [-0.39, 0.29) is 5.82 Å². The molecule has 0 radical (unpaired) electrons. The minimum atomic E-state index is -0.233.